The zero-order valence-corrected chi connectivity index (χ0v) is 21.8. The number of hydrogen-bond acceptors (Lipinski definition) is 8. The second-order valence-corrected chi connectivity index (χ2v) is 9.45. The highest BCUT2D eigenvalue weighted by atomic mass is 35.5. The Morgan fingerprint density at radius 2 is 2.03 bits per heavy atom. The molecule has 0 saturated carbocycles. The molecule has 0 radical (unpaired) electrons. The zero-order chi connectivity index (χ0) is 24.4. The molecule has 0 spiro atoms. The lowest BCUT2D eigenvalue weighted by Crippen LogP contribution is -2.41. The number of benzene rings is 2. The molecule has 188 valence electrons. The largest absolute Gasteiger partial charge is 0.495 e. The molecule has 0 bridgehead atoms. The number of aromatic nitrogens is 3. The highest BCUT2D eigenvalue weighted by Crippen LogP contribution is 2.33. The van der Waals surface area contributed by atoms with E-state index in [9.17, 15) is 0 Å². The van der Waals surface area contributed by atoms with Crippen LogP contribution in [0.15, 0.2) is 52.4 Å². The van der Waals surface area contributed by atoms with Crippen molar-refractivity contribution in [2.75, 3.05) is 19.0 Å². The number of halogens is 2. The van der Waals surface area contributed by atoms with E-state index < -0.39 is 0 Å². The first kappa shape index (κ1) is 25.7. The molecule has 5 rings (SSSR count). The Morgan fingerprint density at radius 3 is 2.75 bits per heavy atom. The van der Waals surface area contributed by atoms with Gasteiger partial charge in [-0.2, -0.15) is 4.98 Å². The van der Waals surface area contributed by atoms with E-state index in [1.54, 1.807) is 7.11 Å². The van der Waals surface area contributed by atoms with Gasteiger partial charge in [0.15, 0.2) is 11.1 Å². The molecule has 0 amide bonds. The molecule has 1 fully saturated rings. The van der Waals surface area contributed by atoms with Crippen molar-refractivity contribution in [1.82, 2.24) is 20.0 Å². The van der Waals surface area contributed by atoms with Crippen LogP contribution in [0.25, 0.3) is 22.6 Å². The van der Waals surface area contributed by atoms with Crippen LogP contribution in [0.1, 0.15) is 18.7 Å². The van der Waals surface area contributed by atoms with E-state index in [2.05, 4.69) is 20.4 Å². The third kappa shape index (κ3) is 5.56. The van der Waals surface area contributed by atoms with Crippen LogP contribution in [0, 0.1) is 5.41 Å². The summed E-state index contributed by atoms with van der Waals surface area (Å²) in [5.41, 5.74) is 9.19. The van der Waals surface area contributed by atoms with Gasteiger partial charge in [0.05, 0.1) is 17.8 Å². The van der Waals surface area contributed by atoms with Crippen molar-refractivity contribution in [3.05, 3.63) is 58.8 Å². The number of anilines is 2. The smallest absolute Gasteiger partial charge is 0.229 e. The highest BCUT2D eigenvalue weighted by molar-refractivity contribution is 7.14. The van der Waals surface area contributed by atoms with Gasteiger partial charge in [0, 0.05) is 41.2 Å². The molecular weight excluding hydrogens is 521 g/mol. The maximum absolute atomic E-state index is 7.71. The second-order valence-electron chi connectivity index (χ2n) is 8.18. The molecular formula is C24H25Cl2N7O2S. The van der Waals surface area contributed by atoms with Gasteiger partial charge in [-0.05, 0) is 55.3 Å². The van der Waals surface area contributed by atoms with Crippen molar-refractivity contribution in [2.45, 2.75) is 25.3 Å². The molecule has 1 atom stereocenters. The molecule has 0 unspecified atom stereocenters. The van der Waals surface area contributed by atoms with Crippen molar-refractivity contribution in [3.63, 3.8) is 0 Å². The summed E-state index contributed by atoms with van der Waals surface area (Å²) < 4.78 is 10.7. The fraction of sp³-hybridized carbons (Fsp3) is 0.250. The minimum absolute atomic E-state index is 0. The molecule has 1 saturated heterocycles. The van der Waals surface area contributed by atoms with E-state index in [0.717, 1.165) is 47.0 Å². The van der Waals surface area contributed by atoms with Crippen LogP contribution in [0.4, 0.5) is 10.8 Å². The van der Waals surface area contributed by atoms with Crippen molar-refractivity contribution in [3.8, 4) is 28.4 Å². The maximum Gasteiger partial charge on any atom is 0.229 e. The van der Waals surface area contributed by atoms with Gasteiger partial charge >= 0.3 is 0 Å². The fourth-order valence-corrected chi connectivity index (χ4v) is 5.13. The topological polar surface area (TPSA) is 126 Å². The van der Waals surface area contributed by atoms with E-state index >= 15 is 0 Å². The predicted octanol–water partition coefficient (Wildman–Crippen LogP) is 5.59. The zero-order valence-electron chi connectivity index (χ0n) is 19.4. The third-order valence-electron chi connectivity index (χ3n) is 5.91. The summed E-state index contributed by atoms with van der Waals surface area (Å²) in [5, 5.41) is 18.5. The van der Waals surface area contributed by atoms with Crippen LogP contribution in [-0.2, 0) is 6.42 Å². The van der Waals surface area contributed by atoms with Crippen LogP contribution in [-0.4, -0.2) is 45.7 Å². The molecule has 2 aromatic carbocycles. The summed E-state index contributed by atoms with van der Waals surface area (Å²) in [4.78, 5) is 11.1. The molecule has 1 aliphatic rings. The summed E-state index contributed by atoms with van der Waals surface area (Å²) in [6, 6.07) is 13.5. The first-order chi connectivity index (χ1) is 17.0. The molecule has 4 N–H and O–H groups in total. The van der Waals surface area contributed by atoms with Gasteiger partial charge in [-0.3, -0.25) is 5.41 Å². The number of rotatable bonds is 7. The Kier molecular flexibility index (Phi) is 7.97. The van der Waals surface area contributed by atoms with Crippen LogP contribution < -0.4 is 15.8 Å². The molecule has 2 aromatic heterocycles. The average Bonchev–Trinajstić information content (AvgIpc) is 3.61. The van der Waals surface area contributed by atoms with Crippen LogP contribution in [0.5, 0.6) is 5.75 Å². The summed E-state index contributed by atoms with van der Waals surface area (Å²) in [5.74, 6) is 1.81. The van der Waals surface area contributed by atoms with Gasteiger partial charge < -0.3 is 25.2 Å². The monoisotopic (exact) mass is 545 g/mol. The quantitative estimate of drug-likeness (QED) is 0.202. The summed E-state index contributed by atoms with van der Waals surface area (Å²) >= 11 is 7.76. The number of likely N-dealkylation sites (tertiary alicyclic amines) is 1. The molecule has 36 heavy (non-hydrogen) atoms. The SMILES string of the molecule is COc1ccc(-c2csc(Nc3ccc(-c4noc(C[C@@H]5CCCN5C(=N)N)n4)cc3)n2)cc1Cl.Cl. The number of nitrogens with two attached hydrogens (primary N) is 1. The normalized spacial score (nSPS) is 14.9. The van der Waals surface area contributed by atoms with E-state index in [1.165, 1.54) is 11.3 Å². The number of ether oxygens (including phenoxy) is 1. The van der Waals surface area contributed by atoms with Gasteiger partial charge in [0.2, 0.25) is 11.7 Å². The van der Waals surface area contributed by atoms with Crippen LogP contribution in [0.2, 0.25) is 5.02 Å². The molecule has 3 heterocycles. The van der Waals surface area contributed by atoms with Crippen molar-refractivity contribution < 1.29 is 9.26 Å². The van der Waals surface area contributed by atoms with Crippen molar-refractivity contribution in [1.29, 1.82) is 5.41 Å². The fourth-order valence-electron chi connectivity index (χ4n) is 4.14. The summed E-state index contributed by atoms with van der Waals surface area (Å²) in [6.45, 7) is 0.796. The Bertz CT molecular complexity index is 1340. The minimum Gasteiger partial charge on any atom is -0.495 e. The Hall–Kier alpha value is -3.34. The first-order valence-corrected chi connectivity index (χ1v) is 12.4. The Morgan fingerprint density at radius 1 is 1.25 bits per heavy atom. The molecule has 12 heteroatoms. The summed E-state index contributed by atoms with van der Waals surface area (Å²) in [6.07, 6.45) is 2.55. The van der Waals surface area contributed by atoms with E-state index in [1.807, 2.05) is 52.7 Å². The van der Waals surface area contributed by atoms with Gasteiger partial charge in [-0.1, -0.05) is 16.8 Å². The van der Waals surface area contributed by atoms with E-state index in [-0.39, 0.29) is 24.4 Å². The maximum atomic E-state index is 7.71. The van der Waals surface area contributed by atoms with Crippen LogP contribution in [0.3, 0.4) is 0 Å². The minimum atomic E-state index is 0. The first-order valence-electron chi connectivity index (χ1n) is 11.1. The van der Waals surface area contributed by atoms with Gasteiger partial charge in [-0.25, -0.2) is 4.98 Å². The van der Waals surface area contributed by atoms with Crippen molar-refractivity contribution >= 4 is 52.1 Å². The van der Waals surface area contributed by atoms with Crippen LogP contribution >= 0.6 is 35.3 Å². The van der Waals surface area contributed by atoms with E-state index in [0.29, 0.717) is 28.9 Å². The third-order valence-corrected chi connectivity index (χ3v) is 6.96. The number of methoxy groups -OCH3 is 1. The number of thiazole rings is 1. The number of nitrogens with zero attached hydrogens (tertiary/aromatic N) is 4. The lowest BCUT2D eigenvalue weighted by atomic mass is 10.1. The molecule has 4 aromatic rings. The average molecular weight is 546 g/mol. The second kappa shape index (κ2) is 11.2. The highest BCUT2D eigenvalue weighted by Gasteiger charge is 2.27. The Labute approximate surface area is 223 Å². The number of nitrogens with one attached hydrogen (secondary N) is 2. The predicted molar refractivity (Wildman–Crippen MR) is 145 cm³/mol. The van der Waals surface area contributed by atoms with E-state index in [4.69, 9.17) is 32.0 Å². The molecule has 0 aliphatic carbocycles. The standard InChI is InChI=1S/C24H24ClN7O2S.ClH/c1-33-20-9-6-15(11-18(20)25)19-13-35-24(29-19)28-16-7-4-14(5-8-16)22-30-21(34-31-22)12-17-3-2-10-32(17)23(26)27;/h4-9,11,13,17H,2-3,10,12H2,1H3,(H3,26,27)(H,28,29);1H/t17-;/m0./s1. The number of guanidine groups is 1. The number of hydrogen-bond donors (Lipinski definition) is 3. The lowest BCUT2D eigenvalue weighted by Gasteiger charge is -2.23. The molecule has 1 aliphatic heterocycles. The van der Waals surface area contributed by atoms with Gasteiger partial charge in [-0.15, -0.1) is 23.7 Å². The lowest BCUT2D eigenvalue weighted by molar-refractivity contribution is 0.320. The van der Waals surface area contributed by atoms with Gasteiger partial charge in [0.1, 0.15) is 5.75 Å². The Balaban J connectivity index is 0.00000304. The summed E-state index contributed by atoms with van der Waals surface area (Å²) in [7, 11) is 1.59. The van der Waals surface area contributed by atoms with Crippen molar-refractivity contribution in [2.24, 2.45) is 5.73 Å². The molecule has 9 nitrogen and oxygen atoms in total. The van der Waals surface area contributed by atoms with Gasteiger partial charge in [0.25, 0.3) is 0 Å².